The van der Waals surface area contributed by atoms with Crippen LogP contribution in [0.15, 0.2) is 29.2 Å². The molecule has 178 valence electrons. The lowest BCUT2D eigenvalue weighted by Gasteiger charge is -2.35. The first kappa shape index (κ1) is 23.4. The Balaban J connectivity index is 1.46. The van der Waals surface area contributed by atoms with Crippen molar-refractivity contribution in [1.29, 1.82) is 0 Å². The topological polar surface area (TPSA) is 108 Å². The van der Waals surface area contributed by atoms with E-state index in [0.29, 0.717) is 56.5 Å². The predicted molar refractivity (Wildman–Crippen MR) is 126 cm³/mol. The largest absolute Gasteiger partial charge is 0.378 e. The number of nitrogens with one attached hydrogen (secondary N) is 1. The maximum Gasteiger partial charge on any atom is 0.243 e. The molecule has 0 unspecified atom stereocenters. The zero-order chi connectivity index (χ0) is 23.6. The Morgan fingerprint density at radius 2 is 1.55 bits per heavy atom. The highest BCUT2D eigenvalue weighted by atomic mass is 32.2. The monoisotopic (exact) mass is 474 g/mol. The van der Waals surface area contributed by atoms with Crippen LogP contribution < -0.4 is 15.1 Å². The molecule has 33 heavy (non-hydrogen) atoms. The van der Waals surface area contributed by atoms with Crippen molar-refractivity contribution in [3.63, 3.8) is 0 Å². The van der Waals surface area contributed by atoms with E-state index in [1.54, 1.807) is 25.1 Å². The number of amides is 1. The number of piperazine rings is 1. The van der Waals surface area contributed by atoms with Gasteiger partial charge in [-0.3, -0.25) is 4.79 Å². The molecule has 0 saturated carbocycles. The van der Waals surface area contributed by atoms with Crippen LogP contribution in [0.3, 0.4) is 0 Å². The number of hydrogen-bond acceptors (Lipinski definition) is 8. The molecular formula is C22H30N6O4S. The number of sulfonamides is 1. The van der Waals surface area contributed by atoms with Crippen LogP contribution in [0, 0.1) is 13.8 Å². The average Bonchev–Trinajstić information content (AvgIpc) is 2.79. The van der Waals surface area contributed by atoms with E-state index in [2.05, 4.69) is 25.1 Å². The molecule has 0 bridgehead atoms. The number of aromatic nitrogens is 2. The Kier molecular flexibility index (Phi) is 6.82. The molecule has 1 aromatic carbocycles. The number of anilines is 3. The van der Waals surface area contributed by atoms with Crippen LogP contribution in [0.4, 0.5) is 17.3 Å². The highest BCUT2D eigenvalue weighted by Gasteiger charge is 2.30. The minimum absolute atomic E-state index is 0.196. The van der Waals surface area contributed by atoms with E-state index < -0.39 is 10.0 Å². The van der Waals surface area contributed by atoms with Gasteiger partial charge in [-0.1, -0.05) is 0 Å². The number of carbonyl (C=O) groups excluding carboxylic acids is 1. The summed E-state index contributed by atoms with van der Waals surface area (Å²) in [4.78, 5) is 25.0. The van der Waals surface area contributed by atoms with E-state index in [9.17, 15) is 13.2 Å². The second-order valence-corrected chi connectivity index (χ2v) is 10.2. The van der Waals surface area contributed by atoms with Gasteiger partial charge in [0.2, 0.25) is 15.9 Å². The normalized spacial score (nSPS) is 17.8. The molecule has 2 aliphatic rings. The minimum Gasteiger partial charge on any atom is -0.378 e. The minimum atomic E-state index is -3.64. The summed E-state index contributed by atoms with van der Waals surface area (Å²) < 4.78 is 33.5. The molecule has 1 amide bonds. The van der Waals surface area contributed by atoms with Crippen LogP contribution in [0.1, 0.15) is 18.3 Å². The van der Waals surface area contributed by atoms with Gasteiger partial charge in [-0.05, 0) is 37.6 Å². The molecule has 2 aliphatic heterocycles. The van der Waals surface area contributed by atoms with E-state index in [1.165, 1.54) is 11.2 Å². The summed E-state index contributed by atoms with van der Waals surface area (Å²) in [6.45, 7) is 9.80. The van der Waals surface area contributed by atoms with E-state index in [0.717, 1.165) is 24.7 Å². The van der Waals surface area contributed by atoms with Gasteiger partial charge >= 0.3 is 0 Å². The van der Waals surface area contributed by atoms with Crippen molar-refractivity contribution in [2.24, 2.45) is 0 Å². The van der Waals surface area contributed by atoms with Gasteiger partial charge in [0.25, 0.3) is 0 Å². The van der Waals surface area contributed by atoms with Gasteiger partial charge in [0.05, 0.1) is 18.1 Å². The first-order valence-corrected chi connectivity index (χ1v) is 12.5. The first-order valence-electron chi connectivity index (χ1n) is 11.1. The molecule has 0 radical (unpaired) electrons. The van der Waals surface area contributed by atoms with Gasteiger partial charge in [-0.25, -0.2) is 18.4 Å². The predicted octanol–water partition coefficient (Wildman–Crippen LogP) is 1.40. The highest BCUT2D eigenvalue weighted by Crippen LogP contribution is 2.26. The van der Waals surface area contributed by atoms with Crippen molar-refractivity contribution in [2.75, 3.05) is 67.6 Å². The Morgan fingerprint density at radius 3 is 2.12 bits per heavy atom. The molecule has 3 heterocycles. The van der Waals surface area contributed by atoms with Crippen molar-refractivity contribution in [2.45, 2.75) is 25.7 Å². The van der Waals surface area contributed by atoms with Gasteiger partial charge in [0.15, 0.2) is 0 Å². The van der Waals surface area contributed by atoms with Gasteiger partial charge in [-0.2, -0.15) is 4.31 Å². The van der Waals surface area contributed by atoms with Crippen molar-refractivity contribution >= 4 is 33.3 Å². The average molecular weight is 475 g/mol. The maximum atomic E-state index is 13.3. The summed E-state index contributed by atoms with van der Waals surface area (Å²) in [6, 6.07) is 6.84. The standard InChI is InChI=1S/C22H30N6O4S/c1-16-14-19(25-18(3)29)4-5-20(16)33(30,31)28-8-6-26(7-9-28)21-15-22(24-17(2)23-21)27-10-12-32-13-11-27/h4-5,14-15H,6-13H2,1-3H3,(H,25,29). The van der Waals surface area contributed by atoms with Crippen LogP contribution in [-0.4, -0.2) is 81.1 Å². The van der Waals surface area contributed by atoms with Crippen LogP contribution >= 0.6 is 0 Å². The Hall–Kier alpha value is -2.76. The fourth-order valence-electron chi connectivity index (χ4n) is 4.17. The summed E-state index contributed by atoms with van der Waals surface area (Å²) in [5.41, 5.74) is 1.18. The lowest BCUT2D eigenvalue weighted by Crippen LogP contribution is -2.49. The highest BCUT2D eigenvalue weighted by molar-refractivity contribution is 7.89. The second kappa shape index (κ2) is 9.62. The molecule has 0 aliphatic carbocycles. The third-order valence-corrected chi connectivity index (χ3v) is 7.88. The van der Waals surface area contributed by atoms with E-state index in [1.807, 2.05) is 13.0 Å². The van der Waals surface area contributed by atoms with Gasteiger partial charge < -0.3 is 19.9 Å². The number of morpholine rings is 1. The van der Waals surface area contributed by atoms with E-state index in [-0.39, 0.29) is 10.8 Å². The van der Waals surface area contributed by atoms with Crippen molar-refractivity contribution in [3.8, 4) is 0 Å². The summed E-state index contributed by atoms with van der Waals surface area (Å²) in [6.07, 6.45) is 0. The van der Waals surface area contributed by atoms with Crippen molar-refractivity contribution in [3.05, 3.63) is 35.7 Å². The van der Waals surface area contributed by atoms with Crippen LogP contribution in [0.25, 0.3) is 0 Å². The SMILES string of the molecule is CC(=O)Nc1ccc(S(=O)(=O)N2CCN(c3cc(N4CCOCC4)nc(C)n3)CC2)c(C)c1. The number of carbonyl (C=O) groups is 1. The molecule has 2 aromatic rings. The molecule has 2 fully saturated rings. The second-order valence-electron chi connectivity index (χ2n) is 8.28. The van der Waals surface area contributed by atoms with Gasteiger partial charge in [-0.15, -0.1) is 0 Å². The number of aryl methyl sites for hydroxylation is 2. The fraction of sp³-hybridized carbons (Fsp3) is 0.500. The maximum absolute atomic E-state index is 13.3. The number of hydrogen-bond donors (Lipinski definition) is 1. The summed E-state index contributed by atoms with van der Waals surface area (Å²) in [7, 11) is -3.64. The summed E-state index contributed by atoms with van der Waals surface area (Å²) in [5, 5.41) is 2.68. The number of rotatable bonds is 5. The van der Waals surface area contributed by atoms with Crippen LogP contribution in [0.5, 0.6) is 0 Å². The molecule has 10 nitrogen and oxygen atoms in total. The van der Waals surface area contributed by atoms with Gasteiger partial charge in [0, 0.05) is 57.9 Å². The molecule has 1 aromatic heterocycles. The molecule has 4 rings (SSSR count). The first-order chi connectivity index (χ1) is 15.7. The number of nitrogens with zero attached hydrogens (tertiary/aromatic N) is 5. The lowest BCUT2D eigenvalue weighted by molar-refractivity contribution is -0.114. The third kappa shape index (κ3) is 5.26. The number of benzene rings is 1. The Labute approximate surface area is 194 Å². The lowest BCUT2D eigenvalue weighted by atomic mass is 10.2. The zero-order valence-corrected chi connectivity index (χ0v) is 20.1. The molecule has 1 N–H and O–H groups in total. The van der Waals surface area contributed by atoms with Crippen molar-refractivity contribution in [1.82, 2.24) is 14.3 Å². The van der Waals surface area contributed by atoms with Crippen LogP contribution in [-0.2, 0) is 19.6 Å². The summed E-state index contributed by atoms with van der Waals surface area (Å²) in [5.74, 6) is 2.19. The van der Waals surface area contributed by atoms with Crippen LogP contribution in [0.2, 0.25) is 0 Å². The number of ether oxygens (including phenoxy) is 1. The third-order valence-electron chi connectivity index (χ3n) is 5.82. The zero-order valence-electron chi connectivity index (χ0n) is 19.2. The Bertz CT molecular complexity index is 1130. The quantitative estimate of drug-likeness (QED) is 0.693. The smallest absolute Gasteiger partial charge is 0.243 e. The molecule has 11 heteroatoms. The molecule has 2 saturated heterocycles. The van der Waals surface area contributed by atoms with Gasteiger partial charge in [0.1, 0.15) is 17.5 Å². The molecule has 0 atom stereocenters. The molecular weight excluding hydrogens is 444 g/mol. The fourth-order valence-corrected chi connectivity index (χ4v) is 5.80. The van der Waals surface area contributed by atoms with E-state index in [4.69, 9.17) is 4.74 Å². The summed E-state index contributed by atoms with van der Waals surface area (Å²) >= 11 is 0. The molecule has 0 spiro atoms. The van der Waals surface area contributed by atoms with Crippen molar-refractivity contribution < 1.29 is 17.9 Å². The van der Waals surface area contributed by atoms with E-state index >= 15 is 0 Å². The Morgan fingerprint density at radius 1 is 0.939 bits per heavy atom.